The zero-order valence-corrected chi connectivity index (χ0v) is 26.9. The second kappa shape index (κ2) is 8.76. The van der Waals surface area contributed by atoms with E-state index in [-0.39, 0.29) is 17.5 Å². The van der Waals surface area contributed by atoms with Gasteiger partial charge >= 0.3 is 5.97 Å². The second-order valence-electron chi connectivity index (χ2n) is 14.5. The zero-order valence-electron chi connectivity index (χ0n) is 25.9. The molecule has 214 valence electrons. The van der Waals surface area contributed by atoms with Gasteiger partial charge in [-0.1, -0.05) is 12.6 Å². The predicted octanol–water partition coefficient (Wildman–Crippen LogP) is 4.59. The highest BCUT2D eigenvalue weighted by Crippen LogP contribution is 2.46. The SMILES string of the molecule is CC1=CC(C)(C)N2CCCc3c2c1cc1c3[Si](C)(CCCC(=O)O)c2c3c4c(cc2=N1)C(C)=CC(C)(C)[N+]=4CCC3. The van der Waals surface area contributed by atoms with Gasteiger partial charge in [-0.15, -0.1) is 0 Å². The molecule has 1 N–H and O–H groups in total. The number of fused-ring (bicyclic) bond motifs is 4. The van der Waals surface area contributed by atoms with E-state index < -0.39 is 14.0 Å². The summed E-state index contributed by atoms with van der Waals surface area (Å²) in [5, 5.41) is 15.3. The van der Waals surface area contributed by atoms with Crippen molar-refractivity contribution in [2.45, 2.75) is 104 Å². The average molecular weight is 567 g/mol. The summed E-state index contributed by atoms with van der Waals surface area (Å²) in [7, 11) is -2.37. The first kappa shape index (κ1) is 26.9. The molecule has 0 spiro atoms. The van der Waals surface area contributed by atoms with Gasteiger partial charge in [-0.2, -0.15) is 0 Å². The molecule has 2 aromatic carbocycles. The molecule has 7 rings (SSSR count). The quantitative estimate of drug-likeness (QED) is 0.435. The largest absolute Gasteiger partial charge is 0.481 e. The summed E-state index contributed by atoms with van der Waals surface area (Å²) < 4.78 is 2.64. The molecule has 1 atom stereocenters. The van der Waals surface area contributed by atoms with Gasteiger partial charge in [-0.05, 0) is 105 Å². The van der Waals surface area contributed by atoms with Crippen LogP contribution in [0.3, 0.4) is 0 Å². The van der Waals surface area contributed by atoms with Crippen LogP contribution in [0.15, 0.2) is 29.3 Å². The Bertz CT molecular complexity index is 1750. The fourth-order valence-electron chi connectivity index (χ4n) is 9.21. The minimum Gasteiger partial charge on any atom is -0.481 e. The first-order valence-electron chi connectivity index (χ1n) is 15.6. The van der Waals surface area contributed by atoms with E-state index in [4.69, 9.17) is 4.99 Å². The van der Waals surface area contributed by atoms with Crippen molar-refractivity contribution in [1.29, 1.82) is 0 Å². The zero-order chi connectivity index (χ0) is 29.1. The van der Waals surface area contributed by atoms with Gasteiger partial charge in [-0.25, -0.2) is 9.57 Å². The lowest BCUT2D eigenvalue weighted by Gasteiger charge is -2.49. The van der Waals surface area contributed by atoms with E-state index in [1.54, 1.807) is 0 Å². The van der Waals surface area contributed by atoms with Crippen molar-refractivity contribution in [2.75, 3.05) is 18.0 Å². The van der Waals surface area contributed by atoms with Crippen LogP contribution in [-0.2, 0) is 17.6 Å². The van der Waals surface area contributed by atoms with Crippen molar-refractivity contribution in [3.8, 4) is 0 Å². The summed E-state index contributed by atoms with van der Waals surface area (Å²) in [6.07, 6.45) is 10.3. The van der Waals surface area contributed by atoms with E-state index in [1.807, 2.05) is 0 Å². The molecule has 0 aromatic heterocycles. The van der Waals surface area contributed by atoms with Crippen LogP contribution in [0.4, 0.5) is 11.4 Å². The highest BCUT2D eigenvalue weighted by molar-refractivity contribution is 7.03. The van der Waals surface area contributed by atoms with Crippen molar-refractivity contribution in [2.24, 2.45) is 4.99 Å². The Morgan fingerprint density at radius 2 is 1.76 bits per heavy atom. The fourth-order valence-corrected chi connectivity index (χ4v) is 14.1. The van der Waals surface area contributed by atoms with Gasteiger partial charge in [-0.3, -0.25) is 4.79 Å². The monoisotopic (exact) mass is 566 g/mol. The van der Waals surface area contributed by atoms with Crippen LogP contribution in [0.5, 0.6) is 0 Å². The molecule has 0 fully saturated rings. The summed E-state index contributed by atoms with van der Waals surface area (Å²) in [6, 6.07) is 5.73. The van der Waals surface area contributed by atoms with Gasteiger partial charge in [0, 0.05) is 50.0 Å². The minimum absolute atomic E-state index is 0.0213. The second-order valence-corrected chi connectivity index (χ2v) is 18.6. The summed E-state index contributed by atoms with van der Waals surface area (Å²) >= 11 is 0. The molecule has 41 heavy (non-hydrogen) atoms. The van der Waals surface area contributed by atoms with Gasteiger partial charge in [0.05, 0.1) is 22.1 Å². The van der Waals surface area contributed by atoms with Gasteiger partial charge < -0.3 is 10.0 Å². The maximum absolute atomic E-state index is 11.8. The van der Waals surface area contributed by atoms with Crippen LogP contribution >= 0.6 is 0 Å². The highest BCUT2D eigenvalue weighted by atomic mass is 28.3. The number of rotatable bonds is 4. The lowest BCUT2D eigenvalue weighted by atomic mass is 9.83. The molecule has 0 saturated carbocycles. The Hall–Kier alpha value is -2.99. The van der Waals surface area contributed by atoms with Gasteiger partial charge in [0.15, 0.2) is 5.54 Å². The number of aliphatic carboxylic acids is 1. The predicted molar refractivity (Wildman–Crippen MR) is 171 cm³/mol. The summed E-state index contributed by atoms with van der Waals surface area (Å²) in [4.78, 5) is 19.9. The number of anilines is 1. The number of hydrogen-bond acceptors (Lipinski definition) is 3. The van der Waals surface area contributed by atoms with E-state index in [2.05, 4.69) is 81.8 Å². The van der Waals surface area contributed by atoms with Gasteiger partial charge in [0.25, 0.3) is 0 Å². The minimum atomic E-state index is -2.37. The molecular weight excluding hydrogens is 522 g/mol. The Morgan fingerprint density at radius 1 is 1.02 bits per heavy atom. The third-order valence-corrected chi connectivity index (χ3v) is 15.4. The fraction of sp³-hybridized carbons (Fsp3) is 0.514. The molecule has 0 amide bonds. The van der Waals surface area contributed by atoms with Crippen LogP contribution < -0.4 is 30.6 Å². The smallest absolute Gasteiger partial charge is 0.303 e. The summed E-state index contributed by atoms with van der Waals surface area (Å²) in [5.41, 5.74) is 10.9. The third kappa shape index (κ3) is 3.75. The Labute approximate surface area is 245 Å². The van der Waals surface area contributed by atoms with Crippen molar-refractivity contribution < 1.29 is 9.90 Å². The van der Waals surface area contributed by atoms with Crippen molar-refractivity contribution >= 4 is 46.9 Å². The van der Waals surface area contributed by atoms with E-state index in [9.17, 15) is 9.90 Å². The molecule has 2 aromatic rings. The molecule has 0 aliphatic carbocycles. The first-order chi connectivity index (χ1) is 19.3. The molecule has 5 aliphatic rings. The molecule has 0 saturated heterocycles. The standard InChI is InChI=1S/C35H43N3O2Si/c1-21-19-34(3,4)37-14-8-11-23-30(37)25(21)17-27-32(23)41(7,16-10-13-29(39)40)33-24-12-9-15-38-31(24)26(18-28(33)36-27)22(2)20-35(38,5)6/h17-20H,8-16H2,1-7H3/p+1. The molecule has 0 radical (unpaired) electrons. The summed E-state index contributed by atoms with van der Waals surface area (Å²) in [6.45, 7) is 18.6. The molecule has 0 bridgehead atoms. The molecule has 5 nitrogen and oxygen atoms in total. The first-order valence-corrected chi connectivity index (χ1v) is 18.3. The van der Waals surface area contributed by atoms with Crippen molar-refractivity contribution in [3.05, 3.63) is 57.3 Å². The number of hydrogen-bond donors (Lipinski definition) is 1. The van der Waals surface area contributed by atoms with Gasteiger partial charge in [0.2, 0.25) is 5.36 Å². The van der Waals surface area contributed by atoms with Crippen molar-refractivity contribution in [1.82, 2.24) is 4.58 Å². The van der Waals surface area contributed by atoms with E-state index in [0.29, 0.717) is 6.42 Å². The molecule has 6 heteroatoms. The Balaban J connectivity index is 1.60. The molecule has 1 unspecified atom stereocenters. The Morgan fingerprint density at radius 3 is 2.51 bits per heavy atom. The van der Waals surface area contributed by atoms with Crippen LogP contribution in [0.1, 0.15) is 89.5 Å². The average Bonchev–Trinajstić information content (AvgIpc) is 2.88. The van der Waals surface area contributed by atoms with E-state index in [0.717, 1.165) is 55.9 Å². The van der Waals surface area contributed by atoms with Crippen molar-refractivity contribution in [3.63, 3.8) is 0 Å². The van der Waals surface area contributed by atoms with E-state index in [1.165, 1.54) is 54.8 Å². The number of allylic oxidation sites excluding steroid dienone is 2. The number of carboxylic acids is 1. The van der Waals surface area contributed by atoms with Crippen LogP contribution in [0, 0.1) is 0 Å². The highest BCUT2D eigenvalue weighted by Gasteiger charge is 2.47. The number of nitrogens with zero attached hydrogens (tertiary/aromatic N) is 3. The summed E-state index contributed by atoms with van der Waals surface area (Å²) in [5.74, 6) is -0.690. The topological polar surface area (TPSA) is 55.9 Å². The lowest BCUT2D eigenvalue weighted by molar-refractivity contribution is -0.137. The maximum Gasteiger partial charge on any atom is 0.303 e. The lowest BCUT2D eigenvalue weighted by Crippen LogP contribution is -2.68. The molecular formula is C35H44N3O2Si+. The van der Waals surface area contributed by atoms with E-state index >= 15 is 0 Å². The maximum atomic E-state index is 11.8. The Kier molecular flexibility index (Phi) is 5.74. The van der Waals surface area contributed by atoms with Crippen LogP contribution in [-0.4, -0.2) is 43.3 Å². The molecule has 5 heterocycles. The number of carboxylic acid groups (broad SMARTS) is 1. The van der Waals surface area contributed by atoms with Crippen LogP contribution in [0.2, 0.25) is 12.6 Å². The normalized spacial score (nSPS) is 24.3. The molecule has 5 aliphatic heterocycles. The third-order valence-electron chi connectivity index (χ3n) is 10.7. The number of carbonyl (C=O) groups is 1. The number of benzene rings is 2. The van der Waals surface area contributed by atoms with Gasteiger partial charge in [0.1, 0.15) is 14.6 Å². The van der Waals surface area contributed by atoms with Crippen LogP contribution in [0.25, 0.3) is 11.1 Å².